The first-order valence-corrected chi connectivity index (χ1v) is 20.7. The Morgan fingerprint density at radius 2 is 1.77 bits per heavy atom. The summed E-state index contributed by atoms with van der Waals surface area (Å²) in [4.78, 5) is 97.0. The third kappa shape index (κ3) is 14.2. The molecule has 332 valence electrons. The number of nitrogens with one attached hydrogen (secondary N) is 3. The summed E-state index contributed by atoms with van der Waals surface area (Å²) in [6.45, 7) is 8.31. The van der Waals surface area contributed by atoms with Crippen molar-refractivity contribution in [2.45, 2.75) is 116 Å². The number of benzene rings is 1. The zero-order valence-corrected chi connectivity index (χ0v) is 35.3. The number of Topliss-reactive ketones (excluding diaryl/α,β-unsaturated/α-hetero) is 1. The van der Waals surface area contributed by atoms with Gasteiger partial charge in [0.05, 0.1) is 31.1 Å². The van der Waals surface area contributed by atoms with Gasteiger partial charge in [-0.05, 0) is 62.3 Å². The summed E-state index contributed by atoms with van der Waals surface area (Å²) in [7, 11) is 0. The van der Waals surface area contributed by atoms with Crippen LogP contribution in [0.2, 0.25) is 0 Å². The molecule has 61 heavy (non-hydrogen) atoms. The summed E-state index contributed by atoms with van der Waals surface area (Å²) in [5, 5.41) is 40.4. The summed E-state index contributed by atoms with van der Waals surface area (Å²) < 4.78 is 6.00. The molecule has 0 spiro atoms. The Balaban J connectivity index is 1.70. The van der Waals surface area contributed by atoms with E-state index >= 15 is 0 Å². The highest BCUT2D eigenvalue weighted by molar-refractivity contribution is 5.93. The number of carbonyl (C=O) groups is 7. The van der Waals surface area contributed by atoms with Crippen LogP contribution in [0, 0.1) is 17.8 Å². The standard InChI is InChI=1S/C44H59N5O12/c1-26(2)39-42(57)45-34(25-30-13-10-14-31(51)24-30)43(58)48-22-11-15-33(47-48)44(59)60-36(27(3)12-9-18-37(53)49-23-21-38(54)61-49)17-8-6-7-16-35(52)29(5)40(55)32(41(56)46-39)20-19-28(4)50/h6-10,12-14,16,18,24,26,29,32-36,39-40,47,51-52,55H,11,15,17,19-23,25H2,1-5H3,(H,45,57)(H,46,56)/b8-6+,16-7+,18-9+,27-12+/t29-,32+,33?,34-,35-,36-,39-,40+/m0/s1. The van der Waals surface area contributed by atoms with Gasteiger partial charge < -0.3 is 40.3 Å². The molecule has 8 atom stereocenters. The van der Waals surface area contributed by atoms with Crippen LogP contribution in [0.5, 0.6) is 5.75 Å². The molecule has 2 fully saturated rings. The van der Waals surface area contributed by atoms with E-state index in [0.717, 1.165) is 5.06 Å². The molecule has 4 rings (SSSR count). The van der Waals surface area contributed by atoms with Crippen LogP contribution >= 0.6 is 0 Å². The number of cyclic esters (lactones) is 1. The highest BCUT2D eigenvalue weighted by atomic mass is 16.7. The van der Waals surface area contributed by atoms with Gasteiger partial charge in [-0.2, -0.15) is 5.06 Å². The Labute approximate surface area is 355 Å². The average Bonchev–Trinajstić information content (AvgIpc) is 3.66. The van der Waals surface area contributed by atoms with E-state index < -0.39 is 89.8 Å². The second-order valence-corrected chi connectivity index (χ2v) is 16.1. The number of aliphatic hydroxyl groups is 2. The first kappa shape index (κ1) is 48.0. The highest BCUT2D eigenvalue weighted by Crippen LogP contribution is 2.24. The van der Waals surface area contributed by atoms with E-state index in [1.807, 2.05) is 0 Å². The molecule has 3 aliphatic rings. The summed E-state index contributed by atoms with van der Waals surface area (Å²) in [5.74, 6) is -6.61. The summed E-state index contributed by atoms with van der Waals surface area (Å²) in [5.41, 5.74) is 4.03. The molecule has 2 bridgehead atoms. The molecule has 6 N–H and O–H groups in total. The SMILES string of the molecule is CC(=O)CC[C@H]1C(=O)N[C@@H](C(C)C)C(=O)N[C@@H](Cc2cccc(O)c2)C(=O)N2CCCC(N2)C(=O)O[C@H](/C(C)=C/C=C/C(=O)N2CCC(=O)O2)C/C=C/C=C/[C@H](O)[C@H](C)[C@H]1O. The van der Waals surface area contributed by atoms with Crippen LogP contribution in [-0.4, -0.2) is 116 Å². The Morgan fingerprint density at radius 1 is 1.02 bits per heavy atom. The molecule has 2 saturated heterocycles. The molecule has 1 aromatic rings. The number of carbonyl (C=O) groups excluding carboxylic acids is 7. The van der Waals surface area contributed by atoms with Crippen LogP contribution in [0.25, 0.3) is 0 Å². The van der Waals surface area contributed by atoms with E-state index in [2.05, 4.69) is 16.1 Å². The molecule has 3 heterocycles. The minimum Gasteiger partial charge on any atom is -0.508 e. The molecule has 0 saturated carbocycles. The Hall–Kier alpha value is -5.65. The van der Waals surface area contributed by atoms with E-state index in [0.29, 0.717) is 24.0 Å². The number of rotatable bonds is 9. The number of allylic oxidation sites excluding steroid dienone is 4. The van der Waals surface area contributed by atoms with Crippen LogP contribution in [0.3, 0.4) is 0 Å². The van der Waals surface area contributed by atoms with Gasteiger partial charge in [-0.15, -0.1) is 0 Å². The smallest absolute Gasteiger partial charge is 0.334 e. The van der Waals surface area contributed by atoms with Gasteiger partial charge in [-0.25, -0.2) is 10.2 Å². The number of ketones is 1. The molecule has 1 unspecified atom stereocenters. The number of ether oxygens (including phenoxy) is 1. The van der Waals surface area contributed by atoms with Crippen LogP contribution in [0.4, 0.5) is 0 Å². The number of esters is 1. The van der Waals surface area contributed by atoms with Crippen molar-refractivity contribution in [2.75, 3.05) is 13.1 Å². The third-order valence-corrected chi connectivity index (χ3v) is 10.8. The normalized spacial score (nSPS) is 28.9. The molecule has 0 aromatic heterocycles. The fourth-order valence-corrected chi connectivity index (χ4v) is 7.08. The summed E-state index contributed by atoms with van der Waals surface area (Å²) >= 11 is 0. The number of phenols is 1. The second-order valence-electron chi connectivity index (χ2n) is 16.1. The lowest BCUT2D eigenvalue weighted by Gasteiger charge is -2.36. The van der Waals surface area contributed by atoms with Crippen molar-refractivity contribution in [3.05, 3.63) is 77.9 Å². The van der Waals surface area contributed by atoms with Crippen molar-refractivity contribution < 1.29 is 58.5 Å². The van der Waals surface area contributed by atoms with Gasteiger partial charge in [0.15, 0.2) is 0 Å². The maximum Gasteiger partial charge on any atom is 0.334 e. The second kappa shape index (κ2) is 22.8. The number of hydrazine groups is 1. The molecule has 1 aromatic carbocycles. The van der Waals surface area contributed by atoms with E-state index in [1.165, 1.54) is 48.4 Å². The number of hydroxylamine groups is 2. The number of phenolic OH excluding ortho intramolecular Hbond substituents is 1. The van der Waals surface area contributed by atoms with E-state index in [-0.39, 0.29) is 56.7 Å². The lowest BCUT2D eigenvalue weighted by atomic mass is 9.84. The molecule has 3 aliphatic heterocycles. The number of fused-ring (bicyclic) bond motifs is 2. The molecular weight excluding hydrogens is 791 g/mol. The molecule has 4 amide bonds. The lowest BCUT2D eigenvalue weighted by molar-refractivity contribution is -0.178. The number of hydrogen-bond acceptors (Lipinski definition) is 13. The van der Waals surface area contributed by atoms with Crippen molar-refractivity contribution in [3.8, 4) is 5.75 Å². The molecular formula is C44H59N5O12. The van der Waals surface area contributed by atoms with E-state index in [4.69, 9.17) is 9.57 Å². The minimum atomic E-state index is -1.44. The van der Waals surface area contributed by atoms with Crippen molar-refractivity contribution in [1.29, 1.82) is 0 Å². The van der Waals surface area contributed by atoms with Crippen LogP contribution in [0.1, 0.15) is 78.7 Å². The monoisotopic (exact) mass is 849 g/mol. The number of aliphatic hydroxyl groups excluding tert-OH is 2. The van der Waals surface area contributed by atoms with Crippen LogP contribution < -0.4 is 16.1 Å². The topological polar surface area (TPSA) is 241 Å². The zero-order chi connectivity index (χ0) is 44.8. The molecule has 0 aliphatic carbocycles. The van der Waals surface area contributed by atoms with E-state index in [9.17, 15) is 48.9 Å². The third-order valence-electron chi connectivity index (χ3n) is 10.8. The molecule has 17 heteroatoms. The van der Waals surface area contributed by atoms with Gasteiger partial charge in [-0.3, -0.25) is 29.0 Å². The predicted molar refractivity (Wildman–Crippen MR) is 221 cm³/mol. The predicted octanol–water partition coefficient (Wildman–Crippen LogP) is 2.02. The number of amides is 4. The first-order chi connectivity index (χ1) is 28.9. The van der Waals surface area contributed by atoms with E-state index in [1.54, 1.807) is 58.1 Å². The average molecular weight is 850 g/mol. The fourth-order valence-electron chi connectivity index (χ4n) is 7.08. The Morgan fingerprint density at radius 3 is 2.44 bits per heavy atom. The largest absolute Gasteiger partial charge is 0.508 e. The summed E-state index contributed by atoms with van der Waals surface area (Å²) in [6.07, 6.45) is 7.75. The Bertz CT molecular complexity index is 1890. The number of hydrogen-bond donors (Lipinski definition) is 6. The lowest BCUT2D eigenvalue weighted by Crippen LogP contribution is -2.62. The zero-order valence-electron chi connectivity index (χ0n) is 35.3. The van der Waals surface area contributed by atoms with Crippen molar-refractivity contribution >= 4 is 41.4 Å². The van der Waals surface area contributed by atoms with Crippen molar-refractivity contribution in [2.24, 2.45) is 17.8 Å². The molecule has 17 nitrogen and oxygen atoms in total. The quantitative estimate of drug-likeness (QED) is 0.119. The van der Waals surface area contributed by atoms with Gasteiger partial charge in [0.2, 0.25) is 11.8 Å². The van der Waals surface area contributed by atoms with Crippen molar-refractivity contribution in [1.82, 2.24) is 26.1 Å². The van der Waals surface area contributed by atoms with Gasteiger partial charge in [-0.1, -0.05) is 69.4 Å². The Kier molecular flexibility index (Phi) is 18.0. The van der Waals surface area contributed by atoms with Gasteiger partial charge in [0.25, 0.3) is 11.8 Å². The van der Waals surface area contributed by atoms with Crippen molar-refractivity contribution in [3.63, 3.8) is 0 Å². The van der Waals surface area contributed by atoms with Crippen LogP contribution in [-0.2, 0) is 49.6 Å². The van der Waals surface area contributed by atoms with Gasteiger partial charge >= 0.3 is 11.9 Å². The fraction of sp³-hybridized carbons (Fsp3) is 0.523. The first-order valence-electron chi connectivity index (χ1n) is 20.7. The molecule has 0 radical (unpaired) electrons. The minimum absolute atomic E-state index is 0.0427. The summed E-state index contributed by atoms with van der Waals surface area (Å²) in [6, 6.07) is 2.78. The maximum atomic E-state index is 14.3. The number of nitrogens with zero attached hydrogens (tertiary/aromatic N) is 2. The van der Waals surface area contributed by atoms with Gasteiger partial charge in [0, 0.05) is 37.8 Å². The van der Waals surface area contributed by atoms with Crippen LogP contribution in [0.15, 0.2) is 72.4 Å². The number of aromatic hydroxyl groups is 1. The van der Waals surface area contributed by atoms with Gasteiger partial charge in [0.1, 0.15) is 35.8 Å². The highest BCUT2D eigenvalue weighted by Gasteiger charge is 2.39. The maximum absolute atomic E-state index is 14.3.